The molecule has 0 saturated carbocycles. The quantitative estimate of drug-likeness (QED) is 0.787. The molecule has 4 rings (SSSR count). The van der Waals surface area contributed by atoms with Crippen molar-refractivity contribution in [3.8, 4) is 17.3 Å². The minimum absolute atomic E-state index is 0.430. The van der Waals surface area contributed by atoms with E-state index in [2.05, 4.69) is 45.6 Å². The van der Waals surface area contributed by atoms with E-state index in [4.69, 9.17) is 0 Å². The Hall–Kier alpha value is -2.71. The molecule has 1 atom stereocenters. The van der Waals surface area contributed by atoms with E-state index >= 15 is 0 Å². The van der Waals surface area contributed by atoms with Crippen LogP contribution in [-0.2, 0) is 0 Å². The summed E-state index contributed by atoms with van der Waals surface area (Å²) >= 11 is 0. The zero-order valence-electron chi connectivity index (χ0n) is 12.0. The van der Waals surface area contributed by atoms with Gasteiger partial charge in [-0.2, -0.15) is 5.26 Å². The molecule has 5 nitrogen and oxygen atoms in total. The average molecular weight is 289 g/mol. The lowest BCUT2D eigenvalue weighted by molar-refractivity contribution is 0.648. The highest BCUT2D eigenvalue weighted by Crippen LogP contribution is 2.28. The smallest absolute Gasteiger partial charge is 0.167 e. The van der Waals surface area contributed by atoms with E-state index in [9.17, 15) is 5.26 Å². The second-order valence-electron chi connectivity index (χ2n) is 5.50. The lowest BCUT2D eigenvalue weighted by Crippen LogP contribution is -2.12. The number of nitriles is 1. The number of aromatic nitrogens is 3. The molecule has 1 aromatic carbocycles. The van der Waals surface area contributed by atoms with Gasteiger partial charge in [-0.25, -0.2) is 9.97 Å². The number of hydrogen-bond donors (Lipinski definition) is 1. The third-order valence-electron chi connectivity index (χ3n) is 4.18. The normalized spacial score (nSPS) is 17.7. The zero-order valence-corrected chi connectivity index (χ0v) is 12.0. The molecule has 3 heterocycles. The Morgan fingerprint density at radius 2 is 2.09 bits per heavy atom. The summed E-state index contributed by atoms with van der Waals surface area (Å²) in [5, 5.41) is 12.9. The maximum absolute atomic E-state index is 9.35. The molecular formula is C17H15N5. The summed E-state index contributed by atoms with van der Waals surface area (Å²) < 4.78 is 1.86. The molecule has 0 spiro atoms. The van der Waals surface area contributed by atoms with E-state index in [1.807, 2.05) is 4.40 Å². The van der Waals surface area contributed by atoms with Crippen molar-refractivity contribution in [2.75, 3.05) is 6.54 Å². The van der Waals surface area contributed by atoms with Gasteiger partial charge in [-0.1, -0.05) is 24.3 Å². The highest BCUT2D eigenvalue weighted by atomic mass is 15.1. The highest BCUT2D eigenvalue weighted by Gasteiger charge is 2.17. The summed E-state index contributed by atoms with van der Waals surface area (Å²) in [4.78, 5) is 8.49. The molecule has 5 heteroatoms. The number of nitrogens with zero attached hydrogens (tertiary/aromatic N) is 4. The van der Waals surface area contributed by atoms with Crippen molar-refractivity contribution in [1.82, 2.24) is 19.7 Å². The van der Waals surface area contributed by atoms with Crippen molar-refractivity contribution < 1.29 is 0 Å². The summed E-state index contributed by atoms with van der Waals surface area (Å²) in [5.74, 6) is 0. The Balaban J connectivity index is 1.80. The van der Waals surface area contributed by atoms with E-state index in [-0.39, 0.29) is 0 Å². The van der Waals surface area contributed by atoms with Crippen LogP contribution < -0.4 is 5.32 Å². The van der Waals surface area contributed by atoms with Crippen LogP contribution in [0.3, 0.4) is 0 Å². The fourth-order valence-corrected chi connectivity index (χ4v) is 3.10. The maximum atomic E-state index is 9.35. The molecule has 3 aromatic rings. The fourth-order valence-electron chi connectivity index (χ4n) is 3.10. The average Bonchev–Trinajstić information content (AvgIpc) is 3.22. The summed E-state index contributed by atoms with van der Waals surface area (Å²) in [6, 6.07) is 12.8. The first-order chi connectivity index (χ1) is 10.9. The largest absolute Gasteiger partial charge is 0.310 e. The van der Waals surface area contributed by atoms with Gasteiger partial charge in [-0.15, -0.1) is 0 Å². The van der Waals surface area contributed by atoms with E-state index in [1.165, 1.54) is 18.4 Å². The summed E-state index contributed by atoms with van der Waals surface area (Å²) in [7, 11) is 0. The molecule has 0 radical (unpaired) electrons. The first kappa shape index (κ1) is 13.0. The summed E-state index contributed by atoms with van der Waals surface area (Å²) in [6.07, 6.45) is 5.79. The first-order valence-electron chi connectivity index (χ1n) is 7.43. The lowest BCUT2D eigenvalue weighted by atomic mass is 10.0. The van der Waals surface area contributed by atoms with Crippen LogP contribution in [0, 0.1) is 11.3 Å². The van der Waals surface area contributed by atoms with Crippen molar-refractivity contribution in [1.29, 1.82) is 5.26 Å². The Morgan fingerprint density at radius 1 is 1.23 bits per heavy atom. The number of hydrogen-bond acceptors (Lipinski definition) is 4. The molecule has 1 aliphatic rings. The molecule has 0 bridgehead atoms. The molecule has 22 heavy (non-hydrogen) atoms. The fraction of sp³-hybridized carbons (Fsp3) is 0.235. The van der Waals surface area contributed by atoms with E-state index in [1.54, 1.807) is 18.6 Å². The molecule has 1 saturated heterocycles. The van der Waals surface area contributed by atoms with Gasteiger partial charge in [0.25, 0.3) is 0 Å². The first-order valence-corrected chi connectivity index (χ1v) is 7.43. The predicted molar refractivity (Wildman–Crippen MR) is 83.1 cm³/mol. The second-order valence-corrected chi connectivity index (χ2v) is 5.50. The third-order valence-corrected chi connectivity index (χ3v) is 4.18. The van der Waals surface area contributed by atoms with Gasteiger partial charge < -0.3 is 5.32 Å². The highest BCUT2D eigenvalue weighted by molar-refractivity contribution is 5.70. The molecule has 0 aliphatic carbocycles. The van der Waals surface area contributed by atoms with Gasteiger partial charge in [-0.05, 0) is 31.0 Å². The van der Waals surface area contributed by atoms with Gasteiger partial charge in [0.05, 0.1) is 5.69 Å². The number of rotatable bonds is 2. The maximum Gasteiger partial charge on any atom is 0.167 e. The lowest BCUT2D eigenvalue weighted by Gasteiger charge is -2.11. The van der Waals surface area contributed by atoms with Crippen molar-refractivity contribution in [2.45, 2.75) is 18.9 Å². The Morgan fingerprint density at radius 3 is 2.82 bits per heavy atom. The van der Waals surface area contributed by atoms with Gasteiger partial charge in [0, 0.05) is 17.8 Å². The van der Waals surface area contributed by atoms with E-state index < -0.39 is 0 Å². The monoisotopic (exact) mass is 289 g/mol. The van der Waals surface area contributed by atoms with Crippen molar-refractivity contribution in [3.63, 3.8) is 0 Å². The summed E-state index contributed by atoms with van der Waals surface area (Å²) in [5.41, 5.74) is 4.25. The van der Waals surface area contributed by atoms with Gasteiger partial charge >= 0.3 is 0 Å². The molecule has 2 aromatic heterocycles. The standard InChI is InChI=1S/C17H15N5/c18-10-15-17(22-11-19-9-7-16(22)21-15)13-5-3-12(4-6-13)14-2-1-8-20-14/h3-7,9,11,14,20H,1-2,8H2. The Bertz CT molecular complexity index is 851. The van der Waals surface area contributed by atoms with Gasteiger partial charge in [0.15, 0.2) is 5.69 Å². The number of fused-ring (bicyclic) bond motifs is 1. The van der Waals surface area contributed by atoms with Crippen LogP contribution in [0.15, 0.2) is 42.9 Å². The van der Waals surface area contributed by atoms with Gasteiger partial charge in [-0.3, -0.25) is 4.40 Å². The van der Waals surface area contributed by atoms with Crippen LogP contribution >= 0.6 is 0 Å². The Labute approximate surface area is 128 Å². The number of benzene rings is 1. The summed E-state index contributed by atoms with van der Waals surface area (Å²) in [6.45, 7) is 1.09. The van der Waals surface area contributed by atoms with Crippen LogP contribution in [0.5, 0.6) is 0 Å². The van der Waals surface area contributed by atoms with Gasteiger partial charge in [0.1, 0.15) is 18.0 Å². The molecule has 1 N–H and O–H groups in total. The zero-order chi connectivity index (χ0) is 14.9. The minimum atomic E-state index is 0.430. The van der Waals surface area contributed by atoms with Crippen molar-refractivity contribution in [2.24, 2.45) is 0 Å². The molecule has 108 valence electrons. The molecule has 1 unspecified atom stereocenters. The minimum Gasteiger partial charge on any atom is -0.310 e. The molecular weight excluding hydrogens is 274 g/mol. The molecule has 1 fully saturated rings. The van der Waals surface area contributed by atoms with Crippen molar-refractivity contribution >= 4 is 5.65 Å². The van der Waals surface area contributed by atoms with Crippen LogP contribution in [-0.4, -0.2) is 20.9 Å². The molecule has 0 amide bonds. The number of nitrogens with one attached hydrogen (secondary N) is 1. The van der Waals surface area contributed by atoms with Crippen LogP contribution in [0.25, 0.3) is 16.9 Å². The van der Waals surface area contributed by atoms with Crippen LogP contribution in [0.4, 0.5) is 0 Å². The predicted octanol–water partition coefficient (Wildman–Crippen LogP) is 2.69. The van der Waals surface area contributed by atoms with E-state index in [0.29, 0.717) is 11.7 Å². The van der Waals surface area contributed by atoms with E-state index in [0.717, 1.165) is 23.4 Å². The van der Waals surface area contributed by atoms with Gasteiger partial charge in [0.2, 0.25) is 0 Å². The third kappa shape index (κ3) is 2.05. The van der Waals surface area contributed by atoms with Crippen LogP contribution in [0.1, 0.15) is 30.1 Å². The molecule has 1 aliphatic heterocycles. The topological polar surface area (TPSA) is 66.0 Å². The number of imidazole rings is 1. The Kier molecular flexibility index (Phi) is 3.10. The SMILES string of the molecule is N#Cc1nc2ccncn2c1-c1ccc(C2CCCN2)cc1. The van der Waals surface area contributed by atoms with Crippen molar-refractivity contribution in [3.05, 3.63) is 54.1 Å². The van der Waals surface area contributed by atoms with Crippen LogP contribution in [0.2, 0.25) is 0 Å². The second kappa shape index (κ2) is 5.24.